The van der Waals surface area contributed by atoms with Crippen molar-refractivity contribution < 1.29 is 23.1 Å². The number of aromatic nitrogens is 3. The van der Waals surface area contributed by atoms with Crippen molar-refractivity contribution in [2.45, 2.75) is 18.4 Å². The Kier molecular flexibility index (Phi) is 6.92. The van der Waals surface area contributed by atoms with Crippen molar-refractivity contribution in [3.8, 4) is 0 Å². The van der Waals surface area contributed by atoms with Gasteiger partial charge in [0.1, 0.15) is 16.5 Å². The molecule has 0 atom stereocenters. The summed E-state index contributed by atoms with van der Waals surface area (Å²) >= 11 is 1.01. The van der Waals surface area contributed by atoms with Gasteiger partial charge in [-0.15, -0.1) is 0 Å². The molecule has 34 heavy (non-hydrogen) atoms. The number of thiazole rings is 1. The number of nitrogens with two attached hydrogens (primary N) is 1. The second kappa shape index (κ2) is 9.89. The fourth-order valence-corrected chi connectivity index (χ4v) is 4.58. The van der Waals surface area contributed by atoms with Crippen LogP contribution in [0.3, 0.4) is 0 Å². The molecule has 0 amide bonds. The number of hydrogen-bond donors (Lipinski definition) is 4. The van der Waals surface area contributed by atoms with E-state index in [1.807, 2.05) is 6.07 Å². The number of nitrogens with one attached hydrogen (secondary N) is 2. The van der Waals surface area contributed by atoms with Crippen LogP contribution in [0.1, 0.15) is 20.9 Å². The summed E-state index contributed by atoms with van der Waals surface area (Å²) in [6.45, 7) is 4.52. The number of rotatable bonds is 8. The van der Waals surface area contributed by atoms with Crippen molar-refractivity contribution >= 4 is 50.0 Å². The molecule has 0 aliphatic carbocycles. The first-order valence-electron chi connectivity index (χ1n) is 10.2. The van der Waals surface area contributed by atoms with Crippen molar-refractivity contribution in [2.75, 3.05) is 41.8 Å². The number of benzene rings is 1. The molecule has 0 bridgehead atoms. The monoisotopic (exact) mass is 505 g/mol. The minimum absolute atomic E-state index is 0.0406. The Morgan fingerprint density at radius 2 is 1.91 bits per heavy atom. The molecule has 0 unspecified atom stereocenters. The van der Waals surface area contributed by atoms with Crippen molar-refractivity contribution in [1.82, 2.24) is 15.0 Å². The number of sulfonamides is 1. The predicted octanol–water partition coefficient (Wildman–Crippen LogP) is 1.78. The molecule has 1 aromatic carbocycles. The predicted molar refractivity (Wildman–Crippen MR) is 127 cm³/mol. The number of nitrogens with zero attached hydrogens (tertiary/aromatic N) is 4. The van der Waals surface area contributed by atoms with E-state index >= 15 is 0 Å². The van der Waals surface area contributed by atoms with E-state index in [4.69, 9.17) is 9.88 Å². The Morgan fingerprint density at radius 1 is 1.21 bits per heavy atom. The number of aromatic carboxylic acids is 1. The van der Waals surface area contributed by atoms with E-state index in [9.17, 15) is 18.3 Å². The molecule has 180 valence electrons. The molecule has 4 rings (SSSR count). The zero-order chi connectivity index (χ0) is 24.3. The van der Waals surface area contributed by atoms with E-state index in [1.165, 1.54) is 12.1 Å². The molecule has 1 fully saturated rings. The number of ether oxygens (including phenoxy) is 1. The Bertz CT molecular complexity index is 1290. The maximum absolute atomic E-state index is 11.4. The molecule has 0 radical (unpaired) electrons. The normalized spacial score (nSPS) is 14.1. The van der Waals surface area contributed by atoms with Gasteiger partial charge in [0.15, 0.2) is 5.13 Å². The summed E-state index contributed by atoms with van der Waals surface area (Å²) < 4.78 is 28.3. The third-order valence-electron chi connectivity index (χ3n) is 4.98. The van der Waals surface area contributed by atoms with Gasteiger partial charge in [-0.1, -0.05) is 23.5 Å². The molecular weight excluding hydrogens is 482 g/mol. The molecule has 1 saturated heterocycles. The lowest BCUT2D eigenvalue weighted by Gasteiger charge is -2.28. The maximum Gasteiger partial charge on any atom is 0.347 e. The van der Waals surface area contributed by atoms with Gasteiger partial charge >= 0.3 is 5.97 Å². The molecule has 0 saturated carbocycles. The fraction of sp³-hybridized carbons (Fsp3) is 0.300. The first-order valence-corrected chi connectivity index (χ1v) is 12.6. The van der Waals surface area contributed by atoms with Crippen LogP contribution in [-0.2, 0) is 21.3 Å². The Balaban J connectivity index is 1.57. The van der Waals surface area contributed by atoms with Crippen molar-refractivity contribution in [3.05, 3.63) is 46.5 Å². The molecule has 1 aliphatic heterocycles. The average Bonchev–Trinajstić information content (AvgIpc) is 3.18. The van der Waals surface area contributed by atoms with E-state index < -0.39 is 16.0 Å². The molecule has 2 aromatic heterocycles. The van der Waals surface area contributed by atoms with Crippen LogP contribution in [0.5, 0.6) is 0 Å². The highest BCUT2D eigenvalue weighted by Crippen LogP contribution is 2.27. The average molecular weight is 506 g/mol. The lowest BCUT2D eigenvalue weighted by Crippen LogP contribution is -2.36. The summed E-state index contributed by atoms with van der Waals surface area (Å²) in [6, 6.07) is 8.04. The largest absolute Gasteiger partial charge is 0.477 e. The number of anilines is 4. The lowest BCUT2D eigenvalue weighted by molar-refractivity contribution is 0.0701. The highest BCUT2D eigenvalue weighted by molar-refractivity contribution is 7.89. The van der Waals surface area contributed by atoms with Gasteiger partial charge in [0, 0.05) is 25.7 Å². The van der Waals surface area contributed by atoms with Gasteiger partial charge in [-0.05, 0) is 24.6 Å². The van der Waals surface area contributed by atoms with Crippen LogP contribution in [-0.4, -0.2) is 60.7 Å². The highest BCUT2D eigenvalue weighted by Gasteiger charge is 2.18. The van der Waals surface area contributed by atoms with Crippen LogP contribution in [0.15, 0.2) is 35.2 Å². The van der Waals surface area contributed by atoms with Gasteiger partial charge in [-0.2, -0.15) is 9.97 Å². The van der Waals surface area contributed by atoms with Gasteiger partial charge in [-0.3, -0.25) is 5.32 Å². The van der Waals surface area contributed by atoms with Crippen LogP contribution < -0.4 is 20.7 Å². The number of carboxylic acids is 1. The molecule has 1 aliphatic rings. The summed E-state index contributed by atoms with van der Waals surface area (Å²) in [5.74, 6) is 0.435. The van der Waals surface area contributed by atoms with E-state index in [0.29, 0.717) is 55.3 Å². The quantitative estimate of drug-likeness (QED) is 0.351. The summed E-state index contributed by atoms with van der Waals surface area (Å²) in [6.07, 6.45) is 0. The Morgan fingerprint density at radius 3 is 2.53 bits per heavy atom. The van der Waals surface area contributed by atoms with Gasteiger partial charge in [-0.25, -0.2) is 23.3 Å². The summed E-state index contributed by atoms with van der Waals surface area (Å²) in [7, 11) is -3.75. The van der Waals surface area contributed by atoms with Crippen LogP contribution in [0, 0.1) is 6.92 Å². The molecule has 0 spiro atoms. The third-order valence-corrected chi connectivity index (χ3v) is 6.97. The molecule has 14 heteroatoms. The second-order valence-corrected chi connectivity index (χ2v) is 10.0. The summed E-state index contributed by atoms with van der Waals surface area (Å²) in [4.78, 5) is 26.9. The number of primary sulfonamides is 1. The Hall–Kier alpha value is -3.33. The summed E-state index contributed by atoms with van der Waals surface area (Å²) in [5, 5.41) is 21.0. The SMILES string of the molecule is Cc1nc(Nc2nc(NCc3ccc(S(N)(=O)=O)cc3)cc(N3CCOCC3)n2)sc1C(=O)O. The van der Waals surface area contributed by atoms with Crippen LogP contribution in [0.4, 0.5) is 22.7 Å². The van der Waals surface area contributed by atoms with Crippen LogP contribution >= 0.6 is 11.3 Å². The molecule has 3 heterocycles. The smallest absolute Gasteiger partial charge is 0.347 e. The lowest BCUT2D eigenvalue weighted by atomic mass is 10.2. The first-order chi connectivity index (χ1) is 16.2. The van der Waals surface area contributed by atoms with Gasteiger partial charge in [0.05, 0.1) is 23.8 Å². The van der Waals surface area contributed by atoms with Gasteiger partial charge < -0.3 is 20.1 Å². The van der Waals surface area contributed by atoms with E-state index in [-0.39, 0.29) is 15.7 Å². The topological polar surface area (TPSA) is 173 Å². The van der Waals surface area contributed by atoms with Crippen LogP contribution in [0.2, 0.25) is 0 Å². The molecule has 12 nitrogen and oxygen atoms in total. The van der Waals surface area contributed by atoms with Crippen molar-refractivity contribution in [3.63, 3.8) is 0 Å². The number of aryl methyl sites for hydroxylation is 1. The molecule has 5 N–H and O–H groups in total. The van der Waals surface area contributed by atoms with Gasteiger partial charge in [0.2, 0.25) is 16.0 Å². The first kappa shape index (κ1) is 23.8. The minimum atomic E-state index is -3.75. The summed E-state index contributed by atoms with van der Waals surface area (Å²) in [5.41, 5.74) is 1.24. The standard InChI is InChI=1S/C20H23N7O5S2/c1-12-17(18(28)29)33-20(23-12)26-19-24-15(10-16(25-19)27-6-8-32-9-7-27)22-11-13-2-4-14(5-3-13)34(21,30)31/h2-5,10H,6-9,11H2,1H3,(H,28,29)(H2,21,30,31)(H2,22,23,24,25,26). The highest BCUT2D eigenvalue weighted by atomic mass is 32.2. The van der Waals surface area contributed by atoms with Gasteiger partial charge in [0.25, 0.3) is 0 Å². The zero-order valence-electron chi connectivity index (χ0n) is 18.2. The molecule has 3 aromatic rings. The number of carbonyl (C=O) groups is 1. The fourth-order valence-electron chi connectivity index (χ4n) is 3.27. The molecular formula is C20H23N7O5S2. The van der Waals surface area contributed by atoms with E-state index in [0.717, 1.165) is 16.9 Å². The van der Waals surface area contributed by atoms with E-state index in [2.05, 4.69) is 30.5 Å². The number of carboxylic acid groups (broad SMARTS) is 1. The van der Waals surface area contributed by atoms with Crippen LogP contribution in [0.25, 0.3) is 0 Å². The second-order valence-electron chi connectivity index (χ2n) is 7.44. The third kappa shape index (κ3) is 5.77. The minimum Gasteiger partial charge on any atom is -0.477 e. The van der Waals surface area contributed by atoms with E-state index in [1.54, 1.807) is 19.1 Å². The number of hydrogen-bond acceptors (Lipinski definition) is 11. The maximum atomic E-state index is 11.4. The number of morpholine rings is 1. The van der Waals surface area contributed by atoms with Crippen molar-refractivity contribution in [1.29, 1.82) is 0 Å². The zero-order valence-corrected chi connectivity index (χ0v) is 19.8. The Labute approximate surface area is 199 Å². The van der Waals surface area contributed by atoms with Crippen molar-refractivity contribution in [2.24, 2.45) is 5.14 Å².